The average Bonchev–Trinajstić information content (AvgIpc) is 2.04. The summed E-state index contributed by atoms with van der Waals surface area (Å²) < 4.78 is 14.0. The Hall–Kier alpha value is -0.0700. The highest BCUT2D eigenvalue weighted by molar-refractivity contribution is 5.13. The third-order valence-corrected chi connectivity index (χ3v) is 4.63. The van der Waals surface area contributed by atoms with Gasteiger partial charge in [-0.25, -0.2) is 4.39 Å². The van der Waals surface area contributed by atoms with Gasteiger partial charge in [0.1, 0.15) is 5.67 Å². The molecule has 3 aliphatic rings. The second-order valence-electron chi connectivity index (χ2n) is 5.20. The van der Waals surface area contributed by atoms with E-state index in [1.54, 1.807) is 0 Å². The summed E-state index contributed by atoms with van der Waals surface area (Å²) in [6, 6.07) is 0. The molecule has 0 aromatic carbocycles. The van der Waals surface area contributed by atoms with Crippen molar-refractivity contribution in [3.8, 4) is 0 Å². The van der Waals surface area contributed by atoms with E-state index >= 15 is 0 Å². The van der Waals surface area contributed by atoms with Crippen LogP contribution in [0.25, 0.3) is 0 Å². The summed E-state index contributed by atoms with van der Waals surface area (Å²) in [5, 5.41) is 0. The summed E-state index contributed by atoms with van der Waals surface area (Å²) in [6.07, 6.45) is 4.03. The zero-order valence-corrected chi connectivity index (χ0v) is 8.36. The van der Waals surface area contributed by atoms with E-state index in [9.17, 15) is 4.39 Å². The molecule has 1 heteroatoms. The summed E-state index contributed by atoms with van der Waals surface area (Å²) in [5.74, 6) is 1.47. The highest BCUT2D eigenvalue weighted by Gasteiger charge is 2.64. The molecular weight excluding hydrogens is 151 g/mol. The van der Waals surface area contributed by atoms with Gasteiger partial charge < -0.3 is 0 Å². The second-order valence-corrected chi connectivity index (χ2v) is 5.20. The van der Waals surface area contributed by atoms with Gasteiger partial charge >= 0.3 is 0 Å². The summed E-state index contributed by atoms with van der Waals surface area (Å²) in [7, 11) is 0. The van der Waals surface area contributed by atoms with Crippen molar-refractivity contribution in [3.05, 3.63) is 0 Å². The average molecular weight is 170 g/mol. The molecule has 0 N–H and O–H groups in total. The molecule has 0 radical (unpaired) electrons. The molecule has 3 aliphatic carbocycles. The molecule has 3 saturated carbocycles. The van der Waals surface area contributed by atoms with Crippen molar-refractivity contribution in [3.63, 3.8) is 0 Å². The van der Waals surface area contributed by atoms with E-state index in [2.05, 4.69) is 20.8 Å². The standard InChI is InChI=1S/C11H19F/c1-4-8-5-6-11(12)7-9(8)10(11,2)3/h8-9H,4-7H2,1-3H3. The van der Waals surface area contributed by atoms with E-state index in [0.717, 1.165) is 25.2 Å². The number of fused-ring (bicyclic) bond motifs is 2. The molecule has 0 aromatic rings. The number of hydrogen-bond donors (Lipinski definition) is 0. The molecule has 70 valence electrons. The fourth-order valence-electron chi connectivity index (χ4n) is 3.35. The van der Waals surface area contributed by atoms with E-state index in [1.807, 2.05) is 0 Å². The minimum Gasteiger partial charge on any atom is -0.243 e. The van der Waals surface area contributed by atoms with E-state index in [-0.39, 0.29) is 5.41 Å². The molecule has 12 heavy (non-hydrogen) atoms. The zero-order valence-electron chi connectivity index (χ0n) is 8.36. The molecule has 0 aromatic heterocycles. The Bertz CT molecular complexity index is 193. The van der Waals surface area contributed by atoms with Gasteiger partial charge in [0.2, 0.25) is 0 Å². The zero-order chi connectivity index (χ0) is 8.98. The molecule has 0 saturated heterocycles. The molecular formula is C11H19F. The smallest absolute Gasteiger partial charge is 0.116 e. The van der Waals surface area contributed by atoms with Crippen LogP contribution in [0.1, 0.15) is 46.5 Å². The maximum atomic E-state index is 14.0. The van der Waals surface area contributed by atoms with Gasteiger partial charge in [-0.1, -0.05) is 27.2 Å². The number of halogens is 1. The van der Waals surface area contributed by atoms with Crippen LogP contribution in [0.15, 0.2) is 0 Å². The van der Waals surface area contributed by atoms with Crippen LogP contribution in [0.4, 0.5) is 4.39 Å². The Kier molecular flexibility index (Phi) is 1.59. The van der Waals surface area contributed by atoms with Crippen LogP contribution < -0.4 is 0 Å². The highest BCUT2D eigenvalue weighted by Crippen LogP contribution is 2.66. The van der Waals surface area contributed by atoms with Gasteiger partial charge in [0, 0.05) is 5.41 Å². The van der Waals surface area contributed by atoms with E-state index in [4.69, 9.17) is 0 Å². The first kappa shape index (κ1) is 8.52. The number of rotatable bonds is 1. The van der Waals surface area contributed by atoms with E-state index in [0.29, 0.717) is 5.92 Å². The predicted molar refractivity (Wildman–Crippen MR) is 48.7 cm³/mol. The third kappa shape index (κ3) is 0.777. The van der Waals surface area contributed by atoms with Crippen LogP contribution in [-0.4, -0.2) is 5.67 Å². The summed E-state index contributed by atoms with van der Waals surface area (Å²) in [6.45, 7) is 6.47. The minimum atomic E-state index is -0.802. The van der Waals surface area contributed by atoms with Crippen LogP contribution in [0.2, 0.25) is 0 Å². The molecule has 3 fully saturated rings. The summed E-state index contributed by atoms with van der Waals surface area (Å²) in [5.41, 5.74) is -0.824. The molecule has 0 amide bonds. The van der Waals surface area contributed by atoms with Crippen molar-refractivity contribution < 1.29 is 4.39 Å². The lowest BCUT2D eigenvalue weighted by Gasteiger charge is -2.63. The van der Waals surface area contributed by atoms with E-state index in [1.165, 1.54) is 6.42 Å². The Morgan fingerprint density at radius 3 is 2.50 bits per heavy atom. The molecule has 0 spiro atoms. The number of alkyl halides is 1. The highest BCUT2D eigenvalue weighted by atomic mass is 19.1. The van der Waals surface area contributed by atoms with Gasteiger partial charge in [0.15, 0.2) is 0 Å². The van der Waals surface area contributed by atoms with Gasteiger partial charge in [-0.2, -0.15) is 0 Å². The quantitative estimate of drug-likeness (QED) is 0.564. The van der Waals surface area contributed by atoms with Crippen molar-refractivity contribution in [2.24, 2.45) is 17.3 Å². The summed E-state index contributed by atoms with van der Waals surface area (Å²) in [4.78, 5) is 0. The molecule has 3 atom stereocenters. The first-order valence-corrected chi connectivity index (χ1v) is 5.20. The van der Waals surface area contributed by atoms with E-state index < -0.39 is 5.67 Å². The van der Waals surface area contributed by atoms with Gasteiger partial charge in [0.25, 0.3) is 0 Å². The molecule has 0 aliphatic heterocycles. The second kappa shape index (κ2) is 2.24. The molecule has 3 unspecified atom stereocenters. The van der Waals surface area contributed by atoms with Crippen LogP contribution in [-0.2, 0) is 0 Å². The fraction of sp³-hybridized carbons (Fsp3) is 1.00. The Balaban J connectivity index is 2.18. The maximum Gasteiger partial charge on any atom is 0.116 e. The van der Waals surface area contributed by atoms with Gasteiger partial charge in [0.05, 0.1) is 0 Å². The lowest BCUT2D eigenvalue weighted by molar-refractivity contribution is -0.200. The first-order chi connectivity index (χ1) is 5.51. The van der Waals surface area contributed by atoms with Gasteiger partial charge in [-0.05, 0) is 31.1 Å². The van der Waals surface area contributed by atoms with Crippen molar-refractivity contribution >= 4 is 0 Å². The molecule has 0 nitrogen and oxygen atoms in total. The Labute approximate surface area is 74.5 Å². The van der Waals surface area contributed by atoms with Crippen molar-refractivity contribution in [1.29, 1.82) is 0 Å². The van der Waals surface area contributed by atoms with Gasteiger partial charge in [-0.15, -0.1) is 0 Å². The Morgan fingerprint density at radius 1 is 1.42 bits per heavy atom. The minimum absolute atomic E-state index is 0.0219. The van der Waals surface area contributed by atoms with Crippen molar-refractivity contribution in [1.82, 2.24) is 0 Å². The molecule has 2 bridgehead atoms. The van der Waals surface area contributed by atoms with Crippen LogP contribution in [0, 0.1) is 17.3 Å². The Morgan fingerprint density at radius 2 is 2.08 bits per heavy atom. The number of hydrogen-bond acceptors (Lipinski definition) is 0. The largest absolute Gasteiger partial charge is 0.243 e. The van der Waals surface area contributed by atoms with Gasteiger partial charge in [-0.3, -0.25) is 0 Å². The topological polar surface area (TPSA) is 0 Å². The maximum absolute atomic E-state index is 14.0. The van der Waals surface area contributed by atoms with Crippen LogP contribution in [0.3, 0.4) is 0 Å². The lowest BCUT2D eigenvalue weighted by atomic mass is 9.43. The third-order valence-electron chi connectivity index (χ3n) is 4.63. The first-order valence-electron chi connectivity index (χ1n) is 5.20. The molecule has 3 rings (SSSR count). The SMILES string of the molecule is CCC1CCC2(F)CC1C2(C)C. The van der Waals surface area contributed by atoms with Crippen LogP contribution >= 0.6 is 0 Å². The fourth-order valence-corrected chi connectivity index (χ4v) is 3.35. The van der Waals surface area contributed by atoms with Crippen molar-refractivity contribution in [2.45, 2.75) is 52.1 Å². The van der Waals surface area contributed by atoms with Crippen molar-refractivity contribution in [2.75, 3.05) is 0 Å². The monoisotopic (exact) mass is 170 g/mol. The summed E-state index contributed by atoms with van der Waals surface area (Å²) >= 11 is 0. The molecule has 0 heterocycles. The lowest BCUT2D eigenvalue weighted by Crippen LogP contribution is -2.63. The predicted octanol–water partition coefficient (Wildman–Crippen LogP) is 3.56. The normalized spacial score (nSPS) is 50.0. The van der Waals surface area contributed by atoms with Crippen LogP contribution in [0.5, 0.6) is 0 Å².